The molecule has 9 heteroatoms. The van der Waals surface area contributed by atoms with Gasteiger partial charge in [-0.2, -0.15) is 0 Å². The molecule has 2 amide bonds. The van der Waals surface area contributed by atoms with Gasteiger partial charge in [0.05, 0.1) is 17.1 Å². The maximum absolute atomic E-state index is 12.9. The minimum absolute atomic E-state index is 0.0346. The van der Waals surface area contributed by atoms with Crippen molar-refractivity contribution in [2.24, 2.45) is 11.3 Å². The Bertz CT molecular complexity index is 904. The largest absolute Gasteiger partial charge is 0.338 e. The summed E-state index contributed by atoms with van der Waals surface area (Å²) in [6, 6.07) is 2.07. The average molecular weight is 453 g/mol. The molecular formula is C20H25ClN4O2S2. The van der Waals surface area contributed by atoms with Crippen LogP contribution in [0.15, 0.2) is 11.4 Å². The predicted octanol–water partition coefficient (Wildman–Crippen LogP) is 3.89. The van der Waals surface area contributed by atoms with Crippen molar-refractivity contribution in [2.45, 2.75) is 46.1 Å². The molecule has 0 saturated carbocycles. The minimum Gasteiger partial charge on any atom is -0.338 e. The van der Waals surface area contributed by atoms with E-state index in [0.29, 0.717) is 35.3 Å². The number of piperidine rings is 1. The van der Waals surface area contributed by atoms with E-state index < -0.39 is 0 Å². The van der Waals surface area contributed by atoms with Crippen molar-refractivity contribution in [1.29, 1.82) is 0 Å². The summed E-state index contributed by atoms with van der Waals surface area (Å²) in [7, 11) is 0. The van der Waals surface area contributed by atoms with Gasteiger partial charge in [-0.3, -0.25) is 9.59 Å². The van der Waals surface area contributed by atoms with Gasteiger partial charge in [-0.05, 0) is 43.3 Å². The molecule has 1 atom stereocenters. The second-order valence-electron chi connectivity index (χ2n) is 8.47. The molecule has 2 aliphatic heterocycles. The summed E-state index contributed by atoms with van der Waals surface area (Å²) >= 11 is 8.97. The summed E-state index contributed by atoms with van der Waals surface area (Å²) < 4.78 is 3.85. The van der Waals surface area contributed by atoms with Gasteiger partial charge >= 0.3 is 0 Å². The minimum atomic E-state index is 0.0346. The van der Waals surface area contributed by atoms with E-state index in [1.807, 2.05) is 28.2 Å². The Kier molecular flexibility index (Phi) is 5.70. The molecule has 4 rings (SSSR count). The molecule has 156 valence electrons. The molecule has 6 nitrogen and oxygen atoms in total. The molecule has 0 N–H and O–H groups in total. The Morgan fingerprint density at radius 3 is 2.62 bits per heavy atom. The van der Waals surface area contributed by atoms with Gasteiger partial charge in [-0.25, -0.2) is 0 Å². The van der Waals surface area contributed by atoms with Crippen molar-refractivity contribution < 1.29 is 9.59 Å². The highest BCUT2D eigenvalue weighted by atomic mass is 35.5. The average Bonchev–Trinajstić information content (AvgIpc) is 3.28. The summed E-state index contributed by atoms with van der Waals surface area (Å²) in [5.74, 6) is 0.534. The molecule has 1 spiro atoms. The highest BCUT2D eigenvalue weighted by Gasteiger charge is 2.56. The molecule has 2 saturated heterocycles. The zero-order valence-electron chi connectivity index (χ0n) is 16.9. The van der Waals surface area contributed by atoms with Crippen LogP contribution in [0.4, 0.5) is 0 Å². The van der Waals surface area contributed by atoms with Crippen molar-refractivity contribution in [2.75, 3.05) is 19.6 Å². The van der Waals surface area contributed by atoms with Crippen molar-refractivity contribution >= 4 is 46.3 Å². The van der Waals surface area contributed by atoms with Gasteiger partial charge in [0.25, 0.3) is 5.91 Å². The van der Waals surface area contributed by atoms with Crippen molar-refractivity contribution in [3.8, 4) is 0 Å². The molecular weight excluding hydrogens is 428 g/mol. The Morgan fingerprint density at radius 1 is 1.34 bits per heavy atom. The first-order valence-corrected chi connectivity index (χ1v) is 11.9. The third-order valence-corrected chi connectivity index (χ3v) is 8.19. The topological polar surface area (TPSA) is 66.4 Å². The quantitative estimate of drug-likeness (QED) is 0.705. The SMILES string of the molecule is Cc1cc(Cl)c(C(=O)N2CCC3(CC2)CN(C(=O)Cc2csnn2)C3C(C)C)s1. The van der Waals surface area contributed by atoms with Crippen LogP contribution in [0.25, 0.3) is 0 Å². The molecule has 2 aliphatic rings. The molecule has 0 aromatic carbocycles. The van der Waals surface area contributed by atoms with Crippen LogP contribution >= 0.6 is 34.5 Å². The Morgan fingerprint density at radius 2 is 2.07 bits per heavy atom. The number of likely N-dealkylation sites (tertiary alicyclic amines) is 2. The molecule has 0 bridgehead atoms. The summed E-state index contributed by atoms with van der Waals surface area (Å²) in [5, 5.41) is 6.39. The van der Waals surface area contributed by atoms with Gasteiger partial charge in [-0.1, -0.05) is 29.9 Å². The zero-order valence-corrected chi connectivity index (χ0v) is 19.2. The van der Waals surface area contributed by atoms with Crippen molar-refractivity contribution in [1.82, 2.24) is 19.4 Å². The number of thiophene rings is 1. The van der Waals surface area contributed by atoms with Gasteiger partial charge in [0.2, 0.25) is 5.91 Å². The summed E-state index contributed by atoms with van der Waals surface area (Å²) in [4.78, 5) is 31.3. The number of rotatable bonds is 4. The number of amides is 2. The lowest BCUT2D eigenvalue weighted by Gasteiger charge is -2.62. The normalized spacial score (nSPS) is 20.9. The van der Waals surface area contributed by atoms with Gasteiger partial charge in [-0.15, -0.1) is 16.4 Å². The summed E-state index contributed by atoms with van der Waals surface area (Å²) in [5.41, 5.74) is 0.850. The van der Waals surface area contributed by atoms with Gasteiger partial charge in [0, 0.05) is 41.3 Å². The Labute approximate surface area is 184 Å². The van der Waals surface area contributed by atoms with Crippen LogP contribution in [-0.4, -0.2) is 56.9 Å². The second-order valence-corrected chi connectivity index (χ2v) is 10.7. The fraction of sp³-hybridized carbons (Fsp3) is 0.600. The van der Waals surface area contributed by atoms with E-state index in [-0.39, 0.29) is 23.3 Å². The number of carbonyl (C=O) groups excluding carboxylic acids is 2. The number of aryl methyl sites for hydroxylation is 1. The monoisotopic (exact) mass is 452 g/mol. The van der Waals surface area contributed by atoms with Crippen LogP contribution in [-0.2, 0) is 11.2 Å². The first kappa shape index (κ1) is 20.8. The number of carbonyl (C=O) groups is 2. The molecule has 0 aliphatic carbocycles. The third-order valence-electron chi connectivity index (χ3n) is 6.19. The van der Waals surface area contributed by atoms with Crippen molar-refractivity contribution in [3.05, 3.63) is 31.9 Å². The molecule has 29 heavy (non-hydrogen) atoms. The number of hydrogen-bond acceptors (Lipinski definition) is 6. The van der Waals surface area contributed by atoms with E-state index in [1.54, 1.807) is 0 Å². The highest BCUT2D eigenvalue weighted by Crippen LogP contribution is 2.49. The molecule has 4 heterocycles. The van der Waals surface area contributed by atoms with Crippen LogP contribution in [0.3, 0.4) is 0 Å². The number of nitrogens with zero attached hydrogens (tertiary/aromatic N) is 4. The van der Waals surface area contributed by atoms with E-state index in [2.05, 4.69) is 23.4 Å². The van der Waals surface area contributed by atoms with Crippen LogP contribution < -0.4 is 0 Å². The van der Waals surface area contributed by atoms with E-state index in [0.717, 1.165) is 30.0 Å². The van der Waals surface area contributed by atoms with Crippen LogP contribution in [0.5, 0.6) is 0 Å². The lowest BCUT2D eigenvalue weighted by atomic mass is 9.61. The first-order chi connectivity index (χ1) is 13.8. The molecule has 2 fully saturated rings. The molecule has 2 aromatic heterocycles. The standard InChI is InChI=1S/C20H25ClN4O2S2/c1-12(2)18-20(11-25(18)16(26)9-14-10-28-23-22-14)4-6-24(7-5-20)19(27)17-15(21)8-13(3)29-17/h8,10,12,18H,4-7,9,11H2,1-3H3. The molecule has 2 aromatic rings. The van der Waals surface area contributed by atoms with Crippen LogP contribution in [0, 0.1) is 18.3 Å². The Balaban J connectivity index is 1.41. The highest BCUT2D eigenvalue weighted by molar-refractivity contribution is 7.14. The molecule has 0 radical (unpaired) electrons. The van der Waals surface area contributed by atoms with E-state index in [4.69, 9.17) is 11.6 Å². The Hall–Kier alpha value is -1.51. The maximum Gasteiger partial charge on any atom is 0.265 e. The lowest BCUT2D eigenvalue weighted by molar-refractivity contribution is -0.166. The van der Waals surface area contributed by atoms with Gasteiger partial charge in [0.15, 0.2) is 0 Å². The number of hydrogen-bond donors (Lipinski definition) is 0. The number of halogens is 1. The summed E-state index contributed by atoms with van der Waals surface area (Å²) in [6.45, 7) is 8.53. The third kappa shape index (κ3) is 3.82. The fourth-order valence-corrected chi connectivity index (χ4v) is 6.71. The van der Waals surface area contributed by atoms with E-state index in [1.165, 1.54) is 22.9 Å². The predicted molar refractivity (Wildman–Crippen MR) is 116 cm³/mol. The fourth-order valence-electron chi connectivity index (χ4n) is 4.96. The number of aromatic nitrogens is 2. The van der Waals surface area contributed by atoms with Crippen LogP contribution in [0.2, 0.25) is 5.02 Å². The summed E-state index contributed by atoms with van der Waals surface area (Å²) in [6.07, 6.45) is 2.16. The first-order valence-electron chi connectivity index (χ1n) is 9.91. The zero-order chi connectivity index (χ0) is 20.8. The van der Waals surface area contributed by atoms with Crippen molar-refractivity contribution in [3.63, 3.8) is 0 Å². The molecule has 1 unspecified atom stereocenters. The second kappa shape index (κ2) is 7.96. The van der Waals surface area contributed by atoms with Crippen LogP contribution in [0.1, 0.15) is 46.9 Å². The van der Waals surface area contributed by atoms with E-state index in [9.17, 15) is 9.59 Å². The van der Waals surface area contributed by atoms with Gasteiger partial charge < -0.3 is 9.80 Å². The van der Waals surface area contributed by atoms with Gasteiger partial charge in [0.1, 0.15) is 4.88 Å². The van der Waals surface area contributed by atoms with E-state index >= 15 is 0 Å². The lowest BCUT2D eigenvalue weighted by Crippen LogP contribution is -2.70. The smallest absolute Gasteiger partial charge is 0.265 e. The maximum atomic E-state index is 12.9.